The van der Waals surface area contributed by atoms with Crippen LogP contribution in [0, 0.1) is 10.1 Å². The Bertz CT molecular complexity index is 1130. The number of hydrogen-bond acceptors (Lipinski definition) is 5. The largest absolute Gasteiger partial charge is 0.457 e. The minimum atomic E-state index is -0.565. The first-order valence-electron chi connectivity index (χ1n) is 10.0. The van der Waals surface area contributed by atoms with Crippen molar-refractivity contribution in [3.05, 3.63) is 94.0 Å². The third-order valence-electron chi connectivity index (χ3n) is 4.77. The van der Waals surface area contributed by atoms with Gasteiger partial charge >= 0.3 is 0 Å². The molecule has 0 atom stereocenters. The van der Waals surface area contributed by atoms with E-state index in [4.69, 9.17) is 4.74 Å². The van der Waals surface area contributed by atoms with Gasteiger partial charge in [0.25, 0.3) is 11.6 Å². The third kappa shape index (κ3) is 5.69. The lowest BCUT2D eigenvalue weighted by molar-refractivity contribution is -0.384. The molecule has 8 nitrogen and oxygen atoms in total. The Kier molecular flexibility index (Phi) is 7.17. The van der Waals surface area contributed by atoms with Crippen molar-refractivity contribution in [2.75, 3.05) is 11.9 Å². The van der Waals surface area contributed by atoms with E-state index >= 15 is 0 Å². The number of carbonyl (C=O) groups is 2. The lowest BCUT2D eigenvalue weighted by Crippen LogP contribution is -2.27. The molecule has 164 valence electrons. The van der Waals surface area contributed by atoms with E-state index in [1.165, 1.54) is 25.1 Å². The van der Waals surface area contributed by atoms with Gasteiger partial charge in [-0.15, -0.1) is 0 Å². The van der Waals surface area contributed by atoms with Crippen molar-refractivity contribution < 1.29 is 19.2 Å². The Morgan fingerprint density at radius 2 is 1.78 bits per heavy atom. The Morgan fingerprint density at radius 1 is 1.03 bits per heavy atom. The van der Waals surface area contributed by atoms with Crippen LogP contribution in [-0.4, -0.2) is 28.2 Å². The van der Waals surface area contributed by atoms with Crippen molar-refractivity contribution in [1.29, 1.82) is 0 Å². The van der Waals surface area contributed by atoms with Crippen LogP contribution in [0.15, 0.2) is 72.8 Å². The SMILES string of the molecule is CCN(Cc1cccc(NC(=O)c2cc([N+](=O)[O-])ccc2Oc2ccccc2)c1)C(C)=O. The Morgan fingerprint density at radius 3 is 2.44 bits per heavy atom. The highest BCUT2D eigenvalue weighted by atomic mass is 16.6. The van der Waals surface area contributed by atoms with Gasteiger partial charge in [-0.3, -0.25) is 19.7 Å². The number of nitro benzene ring substituents is 1. The second-order valence-electron chi connectivity index (χ2n) is 7.04. The second-order valence-corrected chi connectivity index (χ2v) is 7.04. The van der Waals surface area contributed by atoms with E-state index in [-0.39, 0.29) is 22.9 Å². The lowest BCUT2D eigenvalue weighted by atomic mass is 10.1. The van der Waals surface area contributed by atoms with Crippen LogP contribution in [0.5, 0.6) is 11.5 Å². The van der Waals surface area contributed by atoms with Gasteiger partial charge in [-0.05, 0) is 42.8 Å². The molecule has 0 bridgehead atoms. The quantitative estimate of drug-likeness (QED) is 0.397. The molecule has 8 heteroatoms. The molecular formula is C24H23N3O5. The average Bonchev–Trinajstić information content (AvgIpc) is 2.78. The van der Waals surface area contributed by atoms with Gasteiger partial charge in [0.05, 0.1) is 10.5 Å². The van der Waals surface area contributed by atoms with Crippen LogP contribution in [-0.2, 0) is 11.3 Å². The summed E-state index contributed by atoms with van der Waals surface area (Å²) in [5.41, 5.74) is 1.17. The first-order chi connectivity index (χ1) is 15.4. The summed E-state index contributed by atoms with van der Waals surface area (Å²) in [7, 11) is 0. The molecule has 0 saturated carbocycles. The summed E-state index contributed by atoms with van der Waals surface area (Å²) < 4.78 is 5.79. The fourth-order valence-electron chi connectivity index (χ4n) is 3.13. The van der Waals surface area contributed by atoms with Gasteiger partial charge in [0.15, 0.2) is 0 Å². The van der Waals surface area contributed by atoms with Gasteiger partial charge in [-0.25, -0.2) is 0 Å². The number of para-hydroxylation sites is 1. The maximum Gasteiger partial charge on any atom is 0.270 e. The standard InChI is InChI=1S/C24H23N3O5/c1-3-26(17(2)28)16-18-8-7-9-19(14-18)25-24(29)22-15-20(27(30)31)12-13-23(22)32-21-10-5-4-6-11-21/h4-15H,3,16H2,1-2H3,(H,25,29). The maximum absolute atomic E-state index is 13.0. The van der Waals surface area contributed by atoms with Crippen molar-refractivity contribution in [2.45, 2.75) is 20.4 Å². The third-order valence-corrected chi connectivity index (χ3v) is 4.77. The molecule has 3 aromatic rings. The molecular weight excluding hydrogens is 410 g/mol. The van der Waals surface area contributed by atoms with Crippen molar-refractivity contribution in [1.82, 2.24) is 4.90 Å². The number of nitro groups is 1. The summed E-state index contributed by atoms with van der Waals surface area (Å²) >= 11 is 0. The number of anilines is 1. The number of benzene rings is 3. The zero-order valence-corrected chi connectivity index (χ0v) is 17.8. The molecule has 0 unspecified atom stereocenters. The number of nitrogens with one attached hydrogen (secondary N) is 1. The topological polar surface area (TPSA) is 102 Å². The molecule has 0 aliphatic carbocycles. The predicted molar refractivity (Wildman–Crippen MR) is 121 cm³/mol. The van der Waals surface area contributed by atoms with Gasteiger partial charge in [0, 0.05) is 37.8 Å². The molecule has 0 aliphatic heterocycles. The summed E-state index contributed by atoms with van der Waals surface area (Å²) in [4.78, 5) is 37.1. The zero-order valence-electron chi connectivity index (χ0n) is 17.8. The van der Waals surface area contributed by atoms with Crippen LogP contribution >= 0.6 is 0 Å². The fourth-order valence-corrected chi connectivity index (χ4v) is 3.13. The molecule has 0 aromatic heterocycles. The van der Waals surface area contributed by atoms with Gasteiger partial charge < -0.3 is 15.0 Å². The number of nitrogens with zero attached hydrogens (tertiary/aromatic N) is 2. The molecule has 3 rings (SSSR count). The Hall–Kier alpha value is -4.20. The molecule has 0 heterocycles. The summed E-state index contributed by atoms with van der Waals surface area (Å²) in [5.74, 6) is 0.113. The van der Waals surface area contributed by atoms with Crippen molar-refractivity contribution in [3.8, 4) is 11.5 Å². The number of ether oxygens (including phenoxy) is 1. The second kappa shape index (κ2) is 10.2. The minimum Gasteiger partial charge on any atom is -0.457 e. The van der Waals surface area contributed by atoms with E-state index in [1.807, 2.05) is 19.1 Å². The summed E-state index contributed by atoms with van der Waals surface area (Å²) in [6, 6.07) is 19.8. The van der Waals surface area contributed by atoms with Crippen LogP contribution in [0.2, 0.25) is 0 Å². The van der Waals surface area contributed by atoms with E-state index in [0.29, 0.717) is 24.5 Å². The van der Waals surface area contributed by atoms with E-state index in [0.717, 1.165) is 5.56 Å². The van der Waals surface area contributed by atoms with Crippen molar-refractivity contribution >= 4 is 23.2 Å². The smallest absolute Gasteiger partial charge is 0.270 e. The van der Waals surface area contributed by atoms with Crippen LogP contribution < -0.4 is 10.1 Å². The van der Waals surface area contributed by atoms with Gasteiger partial charge in [-0.2, -0.15) is 0 Å². The maximum atomic E-state index is 13.0. The molecule has 3 aromatic carbocycles. The molecule has 2 amide bonds. The molecule has 0 aliphatic rings. The summed E-state index contributed by atoms with van der Waals surface area (Å²) in [6.45, 7) is 4.38. The molecule has 0 radical (unpaired) electrons. The number of non-ortho nitro benzene ring substituents is 1. The highest BCUT2D eigenvalue weighted by Crippen LogP contribution is 2.29. The van der Waals surface area contributed by atoms with Crippen LogP contribution in [0.25, 0.3) is 0 Å². The number of hydrogen-bond donors (Lipinski definition) is 1. The van der Waals surface area contributed by atoms with Gasteiger partial charge in [0.1, 0.15) is 11.5 Å². The van der Waals surface area contributed by atoms with E-state index < -0.39 is 10.8 Å². The highest BCUT2D eigenvalue weighted by Gasteiger charge is 2.19. The summed E-state index contributed by atoms with van der Waals surface area (Å²) in [6.07, 6.45) is 0. The molecule has 0 fully saturated rings. The van der Waals surface area contributed by atoms with E-state index in [9.17, 15) is 19.7 Å². The number of rotatable bonds is 8. The van der Waals surface area contributed by atoms with Crippen LogP contribution in [0.3, 0.4) is 0 Å². The van der Waals surface area contributed by atoms with Crippen molar-refractivity contribution in [2.24, 2.45) is 0 Å². The first kappa shape index (κ1) is 22.5. The zero-order chi connectivity index (χ0) is 23.1. The Balaban J connectivity index is 1.86. The predicted octanol–water partition coefficient (Wildman–Crippen LogP) is 5.01. The summed E-state index contributed by atoms with van der Waals surface area (Å²) in [5, 5.41) is 14.0. The number of amides is 2. The fraction of sp³-hybridized carbons (Fsp3) is 0.167. The van der Waals surface area contributed by atoms with E-state index in [2.05, 4.69) is 5.32 Å². The van der Waals surface area contributed by atoms with Gasteiger partial charge in [-0.1, -0.05) is 30.3 Å². The van der Waals surface area contributed by atoms with Gasteiger partial charge in [0.2, 0.25) is 5.91 Å². The highest BCUT2D eigenvalue weighted by molar-refractivity contribution is 6.06. The number of carbonyl (C=O) groups excluding carboxylic acids is 2. The Labute approximate surface area is 185 Å². The molecule has 0 spiro atoms. The van der Waals surface area contributed by atoms with Crippen molar-refractivity contribution in [3.63, 3.8) is 0 Å². The molecule has 0 saturated heterocycles. The van der Waals surface area contributed by atoms with Crippen LogP contribution in [0.1, 0.15) is 29.8 Å². The molecule has 32 heavy (non-hydrogen) atoms. The van der Waals surface area contributed by atoms with Crippen LogP contribution in [0.4, 0.5) is 11.4 Å². The monoisotopic (exact) mass is 433 g/mol. The first-order valence-corrected chi connectivity index (χ1v) is 10.0. The molecule has 1 N–H and O–H groups in total. The lowest BCUT2D eigenvalue weighted by Gasteiger charge is -2.19. The average molecular weight is 433 g/mol. The normalized spacial score (nSPS) is 10.3. The minimum absolute atomic E-state index is 0.0346. The van der Waals surface area contributed by atoms with E-state index in [1.54, 1.807) is 47.4 Å².